The van der Waals surface area contributed by atoms with Crippen molar-refractivity contribution in [3.8, 4) is 0 Å². The summed E-state index contributed by atoms with van der Waals surface area (Å²) >= 11 is 0. The quantitative estimate of drug-likeness (QED) is 0.0280. The van der Waals surface area contributed by atoms with Crippen molar-refractivity contribution in [3.05, 3.63) is 36.5 Å². The second-order valence-electron chi connectivity index (χ2n) is 14.2. The summed E-state index contributed by atoms with van der Waals surface area (Å²) in [4.78, 5) is 22.6. The summed E-state index contributed by atoms with van der Waals surface area (Å²) < 4.78 is 22.1. The van der Waals surface area contributed by atoms with Crippen LogP contribution in [-0.4, -0.2) is 47.8 Å². The molecule has 0 spiro atoms. The van der Waals surface area contributed by atoms with Crippen LogP contribution in [0.2, 0.25) is 0 Å². The van der Waals surface area contributed by atoms with Crippen molar-refractivity contribution in [2.75, 3.05) is 19.8 Å². The van der Waals surface area contributed by atoms with Crippen molar-refractivity contribution in [1.82, 2.24) is 5.32 Å². The molecule has 0 radical (unpaired) electrons. The standard InChI is InChI=1S/C42H81N2O6P/c1-3-5-7-9-11-13-15-17-19-20-21-22-23-25-27-29-31-33-35-41(45)40(39-50-51(47,48)49-38-37-43)44-42(46)36-34-32-30-28-26-24-18-16-14-12-10-8-6-4-2/h16,18,25,27,33,35,40-41,45H,3-15,17,19-24,26,28-32,34,36-39,43H2,1-2H3,(H,44,46)(H,47,48)/b18-16-,27-25+,35-33+. The van der Waals surface area contributed by atoms with Gasteiger partial charge < -0.3 is 21.1 Å². The number of nitrogens with two attached hydrogens (primary N) is 1. The Kier molecular flexibility index (Phi) is 37.5. The largest absolute Gasteiger partial charge is 0.472 e. The SMILES string of the molecule is CCCCCCC/C=C\CCCCCCCC(=O)NC(COP(=O)(O)OCCN)C(O)/C=C/CC/C=C/CCCCCCCCCCCCCC. The Morgan fingerprint density at radius 1 is 0.627 bits per heavy atom. The monoisotopic (exact) mass is 741 g/mol. The van der Waals surface area contributed by atoms with Crippen LogP contribution in [0.3, 0.4) is 0 Å². The minimum Gasteiger partial charge on any atom is -0.387 e. The Morgan fingerprint density at radius 3 is 1.51 bits per heavy atom. The van der Waals surface area contributed by atoms with Gasteiger partial charge in [-0.2, -0.15) is 0 Å². The van der Waals surface area contributed by atoms with Crippen LogP contribution in [0.15, 0.2) is 36.5 Å². The summed E-state index contributed by atoms with van der Waals surface area (Å²) in [5.41, 5.74) is 5.36. The van der Waals surface area contributed by atoms with Crippen LogP contribution in [0.25, 0.3) is 0 Å². The Bertz CT molecular complexity index is 897. The van der Waals surface area contributed by atoms with Crippen LogP contribution >= 0.6 is 7.82 Å². The van der Waals surface area contributed by atoms with Gasteiger partial charge in [-0.15, -0.1) is 0 Å². The molecule has 0 aliphatic carbocycles. The maximum absolute atomic E-state index is 12.7. The zero-order chi connectivity index (χ0) is 37.5. The van der Waals surface area contributed by atoms with Crippen LogP contribution in [-0.2, 0) is 18.4 Å². The van der Waals surface area contributed by atoms with Gasteiger partial charge in [0.2, 0.25) is 5.91 Å². The van der Waals surface area contributed by atoms with E-state index < -0.39 is 20.0 Å². The fraction of sp³-hybridized carbons (Fsp3) is 0.833. The van der Waals surface area contributed by atoms with Crippen molar-refractivity contribution in [2.45, 2.75) is 206 Å². The molecule has 0 heterocycles. The summed E-state index contributed by atoms with van der Waals surface area (Å²) in [6.45, 7) is 4.09. The number of hydrogen-bond donors (Lipinski definition) is 4. The summed E-state index contributed by atoms with van der Waals surface area (Å²) in [6.07, 6.45) is 44.8. The minimum absolute atomic E-state index is 0.0726. The lowest BCUT2D eigenvalue weighted by molar-refractivity contribution is -0.123. The molecule has 51 heavy (non-hydrogen) atoms. The number of hydrogen-bond acceptors (Lipinski definition) is 6. The van der Waals surface area contributed by atoms with Crippen LogP contribution < -0.4 is 11.1 Å². The second-order valence-corrected chi connectivity index (χ2v) is 15.6. The predicted octanol–water partition coefficient (Wildman–Crippen LogP) is 11.6. The second kappa shape index (κ2) is 38.4. The molecule has 0 aliphatic heterocycles. The highest BCUT2D eigenvalue weighted by molar-refractivity contribution is 7.47. The van der Waals surface area contributed by atoms with E-state index in [-0.39, 0.29) is 25.7 Å². The molecule has 0 bridgehead atoms. The molecular weight excluding hydrogens is 659 g/mol. The number of amides is 1. The van der Waals surface area contributed by atoms with Gasteiger partial charge in [0.25, 0.3) is 0 Å². The van der Waals surface area contributed by atoms with E-state index in [1.807, 2.05) is 6.08 Å². The Morgan fingerprint density at radius 2 is 1.04 bits per heavy atom. The first-order valence-corrected chi connectivity index (χ1v) is 22.6. The number of carbonyl (C=O) groups excluding carboxylic acids is 1. The molecule has 3 unspecified atom stereocenters. The zero-order valence-corrected chi connectivity index (χ0v) is 34.0. The highest BCUT2D eigenvalue weighted by atomic mass is 31.2. The minimum atomic E-state index is -4.35. The maximum Gasteiger partial charge on any atom is 0.472 e. The predicted molar refractivity (Wildman–Crippen MR) is 217 cm³/mol. The van der Waals surface area contributed by atoms with E-state index in [2.05, 4.69) is 43.5 Å². The molecule has 0 saturated heterocycles. The summed E-state index contributed by atoms with van der Waals surface area (Å²) in [5.74, 6) is -0.214. The molecule has 0 rings (SSSR count). The van der Waals surface area contributed by atoms with Gasteiger partial charge in [-0.1, -0.05) is 166 Å². The fourth-order valence-electron chi connectivity index (χ4n) is 5.97. The summed E-state index contributed by atoms with van der Waals surface area (Å²) in [5, 5.41) is 13.6. The highest BCUT2D eigenvalue weighted by Crippen LogP contribution is 2.43. The number of aliphatic hydroxyl groups is 1. The normalized spacial score (nSPS) is 14.5. The molecular formula is C42H81N2O6P. The molecule has 5 N–H and O–H groups in total. The lowest BCUT2D eigenvalue weighted by atomic mass is 10.0. The molecule has 8 nitrogen and oxygen atoms in total. The first-order valence-electron chi connectivity index (χ1n) is 21.1. The molecule has 0 aromatic carbocycles. The van der Waals surface area contributed by atoms with Crippen molar-refractivity contribution in [2.24, 2.45) is 5.73 Å². The van der Waals surface area contributed by atoms with E-state index in [0.29, 0.717) is 6.42 Å². The lowest BCUT2D eigenvalue weighted by Gasteiger charge is -2.23. The molecule has 0 saturated carbocycles. The van der Waals surface area contributed by atoms with Crippen molar-refractivity contribution in [1.29, 1.82) is 0 Å². The zero-order valence-electron chi connectivity index (χ0n) is 33.1. The van der Waals surface area contributed by atoms with Gasteiger partial charge in [0.1, 0.15) is 0 Å². The number of rotatable bonds is 39. The van der Waals surface area contributed by atoms with E-state index in [1.54, 1.807) is 6.08 Å². The van der Waals surface area contributed by atoms with E-state index >= 15 is 0 Å². The molecule has 0 aliphatic rings. The fourth-order valence-corrected chi connectivity index (χ4v) is 6.72. The van der Waals surface area contributed by atoms with Gasteiger partial charge >= 0.3 is 7.82 Å². The average molecular weight is 741 g/mol. The summed E-state index contributed by atoms with van der Waals surface area (Å²) in [7, 11) is -4.35. The summed E-state index contributed by atoms with van der Waals surface area (Å²) in [6, 6.07) is -0.879. The van der Waals surface area contributed by atoms with Gasteiger partial charge in [0.05, 0.1) is 25.4 Å². The number of phosphoric acid groups is 1. The Hall–Kier alpha value is -1.28. The van der Waals surface area contributed by atoms with E-state index in [9.17, 15) is 19.4 Å². The van der Waals surface area contributed by atoms with E-state index in [4.69, 9.17) is 14.8 Å². The number of nitrogens with one attached hydrogen (secondary N) is 1. The van der Waals surface area contributed by atoms with Crippen molar-refractivity contribution >= 4 is 13.7 Å². The average Bonchev–Trinajstić information content (AvgIpc) is 3.12. The third kappa shape index (κ3) is 36.9. The smallest absolute Gasteiger partial charge is 0.387 e. The van der Waals surface area contributed by atoms with Gasteiger partial charge in [-0.3, -0.25) is 13.8 Å². The number of allylic oxidation sites excluding steroid dienone is 5. The lowest BCUT2D eigenvalue weighted by Crippen LogP contribution is -2.45. The van der Waals surface area contributed by atoms with Crippen LogP contribution in [0.1, 0.15) is 194 Å². The first-order chi connectivity index (χ1) is 24.9. The van der Waals surface area contributed by atoms with Crippen LogP contribution in [0.4, 0.5) is 0 Å². The maximum atomic E-state index is 12.7. The molecule has 3 atom stereocenters. The Balaban J connectivity index is 4.30. The third-order valence-electron chi connectivity index (χ3n) is 9.19. The van der Waals surface area contributed by atoms with Gasteiger partial charge in [-0.05, 0) is 57.8 Å². The molecule has 0 fully saturated rings. The Labute approximate surface area is 314 Å². The number of unbranched alkanes of at least 4 members (excludes halogenated alkanes) is 23. The molecule has 1 amide bonds. The van der Waals surface area contributed by atoms with Crippen molar-refractivity contribution in [3.63, 3.8) is 0 Å². The van der Waals surface area contributed by atoms with Crippen molar-refractivity contribution < 1.29 is 28.4 Å². The molecule has 0 aromatic heterocycles. The molecule has 0 aromatic rings. The van der Waals surface area contributed by atoms with Crippen LogP contribution in [0.5, 0.6) is 0 Å². The van der Waals surface area contributed by atoms with E-state index in [0.717, 1.165) is 51.4 Å². The van der Waals surface area contributed by atoms with Gasteiger partial charge in [0.15, 0.2) is 0 Å². The molecule has 9 heteroatoms. The third-order valence-corrected chi connectivity index (χ3v) is 10.2. The molecule has 300 valence electrons. The highest BCUT2D eigenvalue weighted by Gasteiger charge is 2.26. The number of phosphoric ester groups is 1. The van der Waals surface area contributed by atoms with Crippen LogP contribution in [0, 0.1) is 0 Å². The van der Waals surface area contributed by atoms with E-state index in [1.165, 1.54) is 122 Å². The first kappa shape index (κ1) is 49.7. The number of aliphatic hydroxyl groups excluding tert-OH is 1. The van der Waals surface area contributed by atoms with Gasteiger partial charge in [0, 0.05) is 13.0 Å². The number of carbonyl (C=O) groups is 1. The van der Waals surface area contributed by atoms with Gasteiger partial charge in [-0.25, -0.2) is 4.57 Å². The topological polar surface area (TPSA) is 131 Å².